The van der Waals surface area contributed by atoms with Crippen LogP contribution in [0.3, 0.4) is 0 Å². The van der Waals surface area contributed by atoms with E-state index >= 15 is 0 Å². The molecule has 0 aliphatic carbocycles. The maximum absolute atomic E-state index is 9.72. The Bertz CT molecular complexity index is 3230. The molecular formula is C44H28O. The van der Waals surface area contributed by atoms with E-state index in [9.17, 15) is 4.11 Å². The standard InChI is InChI=1S/C44H28O/c1-3-12-29(13-4-1)33-22-24-35-40-27-32(23-25-41(40)45-42(35)28-33)31-16-11-17-34(26-31)44-38-20-9-7-18-36(38)43(30-14-5-2-6-15-30)37-19-8-10-21-39(37)44/h1-28H/i1D,3D,4D,11D,12D,13D,17D,22D,23D,24D,25D,26D,27D,28D. The van der Waals surface area contributed by atoms with Crippen LogP contribution in [0, 0.1) is 0 Å². The van der Waals surface area contributed by atoms with Crippen molar-refractivity contribution in [1.82, 2.24) is 0 Å². The first kappa shape index (κ1) is 15.2. The van der Waals surface area contributed by atoms with Gasteiger partial charge in [0, 0.05) is 10.8 Å². The Balaban J connectivity index is 1.36. The largest absolute Gasteiger partial charge is 0.456 e. The molecule has 9 aromatic rings. The van der Waals surface area contributed by atoms with Crippen molar-refractivity contribution in [3.05, 3.63) is 170 Å². The molecule has 0 bridgehead atoms. The zero-order valence-electron chi connectivity index (χ0n) is 37.5. The first-order chi connectivity index (χ1) is 28.2. The van der Waals surface area contributed by atoms with E-state index in [1.54, 1.807) is 0 Å². The minimum absolute atomic E-state index is 0.0772. The van der Waals surface area contributed by atoms with Crippen LogP contribution in [0.5, 0.6) is 0 Å². The highest BCUT2D eigenvalue weighted by molar-refractivity contribution is 6.21. The predicted octanol–water partition coefficient (Wildman–Crippen LogP) is 12.6. The topological polar surface area (TPSA) is 13.1 Å². The van der Waals surface area contributed by atoms with Crippen LogP contribution >= 0.6 is 0 Å². The Morgan fingerprint density at radius 1 is 0.333 bits per heavy atom. The summed E-state index contributed by atoms with van der Waals surface area (Å²) in [4.78, 5) is 0. The van der Waals surface area contributed by atoms with Gasteiger partial charge in [-0.1, -0.05) is 139 Å². The van der Waals surface area contributed by atoms with E-state index in [4.69, 9.17) is 19.5 Å². The van der Waals surface area contributed by atoms with Gasteiger partial charge in [0.15, 0.2) is 0 Å². The molecule has 1 aromatic heterocycles. The molecule has 8 aromatic carbocycles. The number of benzene rings is 8. The zero-order chi connectivity index (χ0) is 41.9. The van der Waals surface area contributed by atoms with Crippen molar-refractivity contribution in [2.75, 3.05) is 0 Å². The van der Waals surface area contributed by atoms with E-state index in [0.717, 1.165) is 21.9 Å². The van der Waals surface area contributed by atoms with Gasteiger partial charge in [-0.25, -0.2) is 0 Å². The van der Waals surface area contributed by atoms with Crippen molar-refractivity contribution in [3.8, 4) is 44.5 Å². The summed E-state index contributed by atoms with van der Waals surface area (Å²) < 4.78 is 130. The molecule has 1 nitrogen and oxygen atoms in total. The van der Waals surface area contributed by atoms with Gasteiger partial charge in [-0.15, -0.1) is 0 Å². The van der Waals surface area contributed by atoms with Gasteiger partial charge in [-0.3, -0.25) is 0 Å². The summed E-state index contributed by atoms with van der Waals surface area (Å²) >= 11 is 0. The lowest BCUT2D eigenvalue weighted by Crippen LogP contribution is -1.91. The number of fused-ring (bicyclic) bond motifs is 5. The molecular weight excluding hydrogens is 544 g/mol. The fraction of sp³-hybridized carbons (Fsp3) is 0. The van der Waals surface area contributed by atoms with Crippen molar-refractivity contribution in [3.63, 3.8) is 0 Å². The number of hydrogen-bond donors (Lipinski definition) is 0. The third-order valence-electron chi connectivity index (χ3n) is 7.95. The molecule has 1 heteroatoms. The molecule has 0 spiro atoms. The lowest BCUT2D eigenvalue weighted by atomic mass is 9.85. The molecule has 1 heterocycles. The molecule has 0 saturated carbocycles. The Kier molecular flexibility index (Phi) is 3.50. The lowest BCUT2D eigenvalue weighted by Gasteiger charge is -2.18. The molecule has 0 atom stereocenters. The molecule has 0 amide bonds. The van der Waals surface area contributed by atoms with Gasteiger partial charge in [0.25, 0.3) is 0 Å². The van der Waals surface area contributed by atoms with Crippen molar-refractivity contribution in [2.45, 2.75) is 0 Å². The summed E-state index contributed by atoms with van der Waals surface area (Å²) in [6, 6.07) is 18.5. The minimum atomic E-state index is -0.701. The van der Waals surface area contributed by atoms with E-state index in [0.29, 0.717) is 16.3 Å². The fourth-order valence-corrected chi connectivity index (χ4v) is 5.98. The number of rotatable bonds is 4. The first-order valence-electron chi connectivity index (χ1n) is 21.3. The maximum atomic E-state index is 9.72. The Hall–Kier alpha value is -5.92. The summed E-state index contributed by atoms with van der Waals surface area (Å²) in [6.45, 7) is 0. The van der Waals surface area contributed by atoms with Crippen LogP contribution in [-0.2, 0) is 0 Å². The fourth-order valence-electron chi connectivity index (χ4n) is 5.98. The number of furan rings is 1. The Labute approximate surface area is 281 Å². The average Bonchev–Trinajstić information content (AvgIpc) is 3.65. The molecule has 0 unspecified atom stereocenters. The summed E-state index contributed by atoms with van der Waals surface area (Å²) in [5, 5.41) is 2.65. The summed E-state index contributed by atoms with van der Waals surface area (Å²) in [5.41, 5.74) is 0.426. The molecule has 0 N–H and O–H groups in total. The molecule has 0 fully saturated rings. The van der Waals surface area contributed by atoms with Crippen LogP contribution in [0.15, 0.2) is 174 Å². The van der Waals surface area contributed by atoms with E-state index in [1.807, 2.05) is 78.9 Å². The molecule has 0 radical (unpaired) electrons. The van der Waals surface area contributed by atoms with Gasteiger partial charge in [-0.05, 0) is 96.3 Å². The summed E-state index contributed by atoms with van der Waals surface area (Å²) in [5.74, 6) is 0. The van der Waals surface area contributed by atoms with E-state index < -0.39 is 83.2 Å². The first-order valence-corrected chi connectivity index (χ1v) is 14.3. The van der Waals surface area contributed by atoms with Gasteiger partial charge < -0.3 is 4.42 Å². The third kappa shape index (κ3) is 4.24. The maximum Gasteiger partial charge on any atom is 0.136 e. The second kappa shape index (κ2) is 10.4. The Morgan fingerprint density at radius 3 is 1.64 bits per heavy atom. The number of hydrogen-bond acceptors (Lipinski definition) is 1. The van der Waals surface area contributed by atoms with Crippen LogP contribution in [0.1, 0.15) is 19.2 Å². The van der Waals surface area contributed by atoms with E-state index in [1.165, 1.54) is 6.07 Å². The molecule has 0 aliphatic heterocycles. The second-order valence-corrected chi connectivity index (χ2v) is 10.5. The molecule has 210 valence electrons. The van der Waals surface area contributed by atoms with Crippen molar-refractivity contribution < 1.29 is 23.6 Å². The quantitative estimate of drug-likeness (QED) is 0.187. The van der Waals surface area contributed by atoms with Crippen molar-refractivity contribution >= 4 is 43.5 Å². The SMILES string of the molecule is [2H]c1cc(-c2c([2H])c([2H])c3oc4c([2H])c(-c5c([2H])c([2H])c([2H])c([2H])c5[2H])c([2H])c([2H])c4c3c2[2H])c([2H])c(-c2c3ccccc3c(-c3ccccc3)c3ccccc23)c1[2H]. The van der Waals surface area contributed by atoms with Gasteiger partial charge in [-0.2, -0.15) is 0 Å². The van der Waals surface area contributed by atoms with Gasteiger partial charge in [0.2, 0.25) is 0 Å². The molecule has 0 saturated heterocycles. The highest BCUT2D eigenvalue weighted by atomic mass is 16.3. The highest BCUT2D eigenvalue weighted by Gasteiger charge is 2.17. The van der Waals surface area contributed by atoms with E-state index in [2.05, 4.69) is 0 Å². The third-order valence-corrected chi connectivity index (χ3v) is 7.95. The van der Waals surface area contributed by atoms with Gasteiger partial charge in [0.1, 0.15) is 11.2 Å². The highest BCUT2D eigenvalue weighted by Crippen LogP contribution is 2.44. The van der Waals surface area contributed by atoms with Crippen LogP contribution < -0.4 is 0 Å². The average molecular weight is 587 g/mol. The molecule has 9 rings (SSSR count). The normalized spacial score (nSPS) is 15.9. The second-order valence-electron chi connectivity index (χ2n) is 10.5. The smallest absolute Gasteiger partial charge is 0.136 e. The van der Waals surface area contributed by atoms with Crippen molar-refractivity contribution in [2.24, 2.45) is 0 Å². The monoisotopic (exact) mass is 586 g/mol. The molecule has 0 aliphatic rings. The molecule has 45 heavy (non-hydrogen) atoms. The predicted molar refractivity (Wildman–Crippen MR) is 190 cm³/mol. The lowest BCUT2D eigenvalue weighted by molar-refractivity contribution is 0.669. The van der Waals surface area contributed by atoms with Crippen LogP contribution in [0.25, 0.3) is 88.0 Å². The Morgan fingerprint density at radius 2 is 0.933 bits per heavy atom. The van der Waals surface area contributed by atoms with Gasteiger partial charge in [0.05, 0.1) is 19.2 Å². The van der Waals surface area contributed by atoms with E-state index in [-0.39, 0.29) is 51.2 Å². The van der Waals surface area contributed by atoms with Crippen LogP contribution in [-0.4, -0.2) is 0 Å². The van der Waals surface area contributed by atoms with Crippen molar-refractivity contribution in [1.29, 1.82) is 0 Å². The minimum Gasteiger partial charge on any atom is -0.456 e. The van der Waals surface area contributed by atoms with Crippen LogP contribution in [0.2, 0.25) is 0 Å². The summed E-state index contributed by atoms with van der Waals surface area (Å²) in [6.07, 6.45) is 0. The zero-order valence-corrected chi connectivity index (χ0v) is 23.5. The summed E-state index contributed by atoms with van der Waals surface area (Å²) in [7, 11) is 0. The van der Waals surface area contributed by atoms with Gasteiger partial charge >= 0.3 is 0 Å². The van der Waals surface area contributed by atoms with Crippen LogP contribution in [0.4, 0.5) is 0 Å².